The summed E-state index contributed by atoms with van der Waals surface area (Å²) < 4.78 is 10.9. The van der Waals surface area contributed by atoms with Crippen LogP contribution in [0.3, 0.4) is 0 Å². The zero-order valence-corrected chi connectivity index (χ0v) is 11.4. The summed E-state index contributed by atoms with van der Waals surface area (Å²) in [4.78, 5) is 12.2. The van der Waals surface area contributed by atoms with Crippen LogP contribution in [-0.4, -0.2) is 23.1 Å². The number of hydrogen-bond acceptors (Lipinski definition) is 5. The number of carbonyl (C=O) groups excluding carboxylic acids is 1. The number of benzene rings is 2. The second-order valence-corrected chi connectivity index (χ2v) is 4.84. The molecule has 0 saturated heterocycles. The lowest BCUT2D eigenvalue weighted by atomic mass is 9.95. The molecule has 108 valence electrons. The highest BCUT2D eigenvalue weighted by molar-refractivity contribution is 6.02. The number of methoxy groups -OCH3 is 1. The van der Waals surface area contributed by atoms with Crippen LogP contribution < -0.4 is 9.47 Å². The smallest absolute Gasteiger partial charge is 0.174 e. The molecule has 0 bridgehead atoms. The first kappa shape index (κ1) is 13.3. The summed E-state index contributed by atoms with van der Waals surface area (Å²) in [7, 11) is 1.48. The van der Waals surface area contributed by atoms with Crippen molar-refractivity contribution in [3.63, 3.8) is 0 Å². The molecule has 1 aliphatic rings. The van der Waals surface area contributed by atoms with Gasteiger partial charge in [-0.25, -0.2) is 0 Å². The largest absolute Gasteiger partial charge is 0.508 e. The first-order valence-electron chi connectivity index (χ1n) is 6.48. The van der Waals surface area contributed by atoms with E-state index in [0.717, 1.165) is 5.56 Å². The third-order valence-corrected chi connectivity index (χ3v) is 3.47. The number of carbonyl (C=O) groups is 1. The number of phenolic OH excluding ortho intramolecular Hbond substituents is 2. The molecule has 0 spiro atoms. The summed E-state index contributed by atoms with van der Waals surface area (Å²) in [6, 6.07) is 9.47. The van der Waals surface area contributed by atoms with Gasteiger partial charge in [0.25, 0.3) is 0 Å². The van der Waals surface area contributed by atoms with Crippen molar-refractivity contribution < 1.29 is 24.5 Å². The summed E-state index contributed by atoms with van der Waals surface area (Å²) in [5.74, 6) is 0.556. The highest BCUT2D eigenvalue weighted by Crippen LogP contribution is 2.41. The number of hydrogen-bond donors (Lipinski definition) is 2. The van der Waals surface area contributed by atoms with Gasteiger partial charge in [0, 0.05) is 12.1 Å². The van der Waals surface area contributed by atoms with Gasteiger partial charge in [-0.1, -0.05) is 12.1 Å². The molecule has 0 fully saturated rings. The standard InChI is InChI=1S/C16H14O5/c1-20-11-6-12(18)16-13(19)8-14(21-15(16)7-11)9-2-4-10(17)5-3-9/h2-7,14,17-18H,8H2,1H3/t14-/m1/s1. The van der Waals surface area contributed by atoms with Crippen LogP contribution in [0.5, 0.6) is 23.0 Å². The van der Waals surface area contributed by atoms with Crippen LogP contribution in [0.2, 0.25) is 0 Å². The fourth-order valence-electron chi connectivity index (χ4n) is 2.41. The minimum atomic E-state index is -0.447. The van der Waals surface area contributed by atoms with Crippen LogP contribution in [0.15, 0.2) is 36.4 Å². The van der Waals surface area contributed by atoms with Crippen LogP contribution in [-0.2, 0) is 0 Å². The molecule has 2 aromatic rings. The summed E-state index contributed by atoms with van der Waals surface area (Å²) in [5, 5.41) is 19.2. The van der Waals surface area contributed by atoms with E-state index in [1.54, 1.807) is 30.3 Å². The van der Waals surface area contributed by atoms with E-state index in [0.29, 0.717) is 11.5 Å². The molecule has 1 heterocycles. The Bertz CT molecular complexity index is 691. The maximum absolute atomic E-state index is 12.2. The van der Waals surface area contributed by atoms with E-state index in [-0.39, 0.29) is 29.3 Å². The molecular formula is C16H14O5. The van der Waals surface area contributed by atoms with Crippen molar-refractivity contribution in [1.82, 2.24) is 0 Å². The van der Waals surface area contributed by atoms with Gasteiger partial charge in [-0.3, -0.25) is 4.79 Å². The first-order valence-corrected chi connectivity index (χ1v) is 6.48. The minimum Gasteiger partial charge on any atom is -0.508 e. The molecule has 0 aromatic heterocycles. The molecule has 0 unspecified atom stereocenters. The number of ketones is 1. The third kappa shape index (κ3) is 2.38. The molecule has 0 aliphatic carbocycles. The van der Waals surface area contributed by atoms with Gasteiger partial charge in [0.15, 0.2) is 5.78 Å². The molecule has 2 aromatic carbocycles. The topological polar surface area (TPSA) is 76.0 Å². The molecular weight excluding hydrogens is 272 g/mol. The van der Waals surface area contributed by atoms with Gasteiger partial charge in [-0.05, 0) is 17.7 Å². The normalized spacial score (nSPS) is 17.0. The summed E-state index contributed by atoms with van der Waals surface area (Å²) in [5.41, 5.74) is 0.972. The van der Waals surface area contributed by atoms with E-state index in [2.05, 4.69) is 0 Å². The zero-order valence-electron chi connectivity index (χ0n) is 11.4. The number of ether oxygens (including phenoxy) is 2. The molecule has 1 atom stereocenters. The van der Waals surface area contributed by atoms with Gasteiger partial charge in [-0.15, -0.1) is 0 Å². The lowest BCUT2D eigenvalue weighted by Gasteiger charge is -2.26. The van der Waals surface area contributed by atoms with E-state index in [9.17, 15) is 15.0 Å². The molecule has 0 saturated carbocycles. The van der Waals surface area contributed by atoms with Gasteiger partial charge < -0.3 is 19.7 Å². The Labute approximate surface area is 121 Å². The van der Waals surface area contributed by atoms with E-state index in [1.807, 2.05) is 0 Å². The van der Waals surface area contributed by atoms with Crippen molar-refractivity contribution >= 4 is 5.78 Å². The van der Waals surface area contributed by atoms with Crippen molar-refractivity contribution in [3.05, 3.63) is 47.5 Å². The second-order valence-electron chi connectivity index (χ2n) is 4.84. The van der Waals surface area contributed by atoms with Crippen LogP contribution in [0.25, 0.3) is 0 Å². The molecule has 0 amide bonds. The minimum absolute atomic E-state index is 0.137. The molecule has 3 rings (SSSR count). The predicted octanol–water partition coefficient (Wildman–Crippen LogP) is 2.81. The number of aromatic hydroxyl groups is 2. The predicted molar refractivity (Wildman–Crippen MR) is 75.1 cm³/mol. The highest BCUT2D eigenvalue weighted by atomic mass is 16.5. The number of Topliss-reactive ketones (excluding diaryl/α,β-unsaturated/α-hetero) is 1. The van der Waals surface area contributed by atoms with Crippen molar-refractivity contribution in [3.8, 4) is 23.0 Å². The fourth-order valence-corrected chi connectivity index (χ4v) is 2.41. The van der Waals surface area contributed by atoms with Gasteiger partial charge >= 0.3 is 0 Å². The van der Waals surface area contributed by atoms with Crippen LogP contribution in [0, 0.1) is 0 Å². The molecule has 2 N–H and O–H groups in total. The molecule has 0 radical (unpaired) electrons. The quantitative estimate of drug-likeness (QED) is 0.887. The third-order valence-electron chi connectivity index (χ3n) is 3.47. The Kier molecular flexibility index (Phi) is 3.17. The van der Waals surface area contributed by atoms with Crippen molar-refractivity contribution in [1.29, 1.82) is 0 Å². The summed E-state index contributed by atoms with van der Waals surface area (Å²) in [6.07, 6.45) is -0.311. The number of phenols is 2. The Morgan fingerprint density at radius 1 is 1.19 bits per heavy atom. The first-order chi connectivity index (χ1) is 10.1. The van der Waals surface area contributed by atoms with Gasteiger partial charge in [0.1, 0.15) is 34.7 Å². The molecule has 5 heteroatoms. The summed E-state index contributed by atoms with van der Waals surface area (Å²) >= 11 is 0. The number of fused-ring (bicyclic) bond motifs is 1. The Morgan fingerprint density at radius 2 is 1.90 bits per heavy atom. The van der Waals surface area contributed by atoms with Crippen molar-refractivity contribution in [2.45, 2.75) is 12.5 Å². The Morgan fingerprint density at radius 3 is 2.57 bits per heavy atom. The maximum atomic E-state index is 12.2. The second kappa shape index (κ2) is 5.01. The number of rotatable bonds is 2. The van der Waals surface area contributed by atoms with Crippen LogP contribution in [0.4, 0.5) is 0 Å². The Balaban J connectivity index is 1.99. The Hall–Kier alpha value is -2.69. The van der Waals surface area contributed by atoms with E-state index < -0.39 is 6.10 Å². The maximum Gasteiger partial charge on any atom is 0.174 e. The van der Waals surface area contributed by atoms with Gasteiger partial charge in [-0.2, -0.15) is 0 Å². The van der Waals surface area contributed by atoms with Gasteiger partial charge in [0.2, 0.25) is 0 Å². The van der Waals surface area contributed by atoms with Gasteiger partial charge in [0.05, 0.1) is 13.5 Å². The zero-order chi connectivity index (χ0) is 15.0. The fraction of sp³-hybridized carbons (Fsp3) is 0.188. The van der Waals surface area contributed by atoms with Crippen molar-refractivity contribution in [2.24, 2.45) is 0 Å². The van der Waals surface area contributed by atoms with Crippen molar-refractivity contribution in [2.75, 3.05) is 7.11 Å². The SMILES string of the molecule is COc1cc(O)c2c(c1)O[C@@H](c1ccc(O)cc1)CC2=O. The van der Waals surface area contributed by atoms with E-state index >= 15 is 0 Å². The van der Waals surface area contributed by atoms with Crippen LogP contribution in [0.1, 0.15) is 28.4 Å². The highest BCUT2D eigenvalue weighted by Gasteiger charge is 2.30. The van der Waals surface area contributed by atoms with E-state index in [4.69, 9.17) is 9.47 Å². The molecule has 5 nitrogen and oxygen atoms in total. The molecule has 1 aliphatic heterocycles. The molecule has 21 heavy (non-hydrogen) atoms. The average Bonchev–Trinajstić information content (AvgIpc) is 2.46. The van der Waals surface area contributed by atoms with Crippen LogP contribution >= 0.6 is 0 Å². The monoisotopic (exact) mass is 286 g/mol. The lowest BCUT2D eigenvalue weighted by molar-refractivity contribution is 0.0844. The average molecular weight is 286 g/mol. The summed E-state index contributed by atoms with van der Waals surface area (Å²) in [6.45, 7) is 0. The van der Waals surface area contributed by atoms with E-state index in [1.165, 1.54) is 13.2 Å². The lowest BCUT2D eigenvalue weighted by Crippen LogP contribution is -2.20.